The molecule has 1 heterocycles. The van der Waals surface area contributed by atoms with Crippen LogP contribution in [0.2, 0.25) is 0 Å². The number of amides is 2. The van der Waals surface area contributed by atoms with Gasteiger partial charge in [0.25, 0.3) is 0 Å². The predicted octanol–water partition coefficient (Wildman–Crippen LogP) is 7.07. The predicted molar refractivity (Wildman–Crippen MR) is 169 cm³/mol. The molecule has 1 aromatic heterocycles. The van der Waals surface area contributed by atoms with Crippen LogP contribution in [-0.2, 0) is 14.3 Å². The van der Waals surface area contributed by atoms with Gasteiger partial charge < -0.3 is 30.4 Å². The second-order valence-corrected chi connectivity index (χ2v) is 12.1. The fourth-order valence-electron chi connectivity index (χ4n) is 4.49. The van der Waals surface area contributed by atoms with Crippen LogP contribution in [0.25, 0.3) is 0 Å². The lowest BCUT2D eigenvalue weighted by atomic mass is 10.1. The number of aromatic hydroxyl groups is 2. The summed E-state index contributed by atoms with van der Waals surface area (Å²) in [4.78, 5) is 42.2. The van der Waals surface area contributed by atoms with Crippen LogP contribution in [0.5, 0.6) is 11.8 Å². The maximum absolute atomic E-state index is 12.7. The second-order valence-electron chi connectivity index (χ2n) is 12.1. The number of nitrogens with one attached hydrogen (secondary N) is 2. The Balaban J connectivity index is 2.20. The average Bonchev–Trinajstić information content (AvgIpc) is 3.25. The van der Waals surface area contributed by atoms with Gasteiger partial charge in [0.2, 0.25) is 17.7 Å². The first-order valence-corrected chi connectivity index (χ1v) is 16.3. The van der Waals surface area contributed by atoms with Crippen molar-refractivity contribution in [3.05, 3.63) is 24.3 Å². The van der Waals surface area contributed by atoms with Crippen LogP contribution in [0.15, 0.2) is 24.3 Å². The van der Waals surface area contributed by atoms with Crippen molar-refractivity contribution in [1.82, 2.24) is 15.4 Å². The van der Waals surface area contributed by atoms with Gasteiger partial charge in [-0.2, -0.15) is 0 Å². The van der Waals surface area contributed by atoms with Crippen molar-refractivity contribution in [3.8, 4) is 11.8 Å². The molecular formula is C33H57N3O7. The zero-order valence-corrected chi connectivity index (χ0v) is 27.0. The molecule has 0 radical (unpaired) electrons. The molecule has 1 aromatic rings. The van der Waals surface area contributed by atoms with Gasteiger partial charge in [-0.25, -0.2) is 9.59 Å². The van der Waals surface area contributed by atoms with Crippen LogP contribution >= 0.6 is 0 Å². The first kappa shape index (κ1) is 37.9. The molecule has 10 heteroatoms. The Bertz CT molecular complexity index is 933. The molecule has 4 N–H and O–H groups in total. The monoisotopic (exact) mass is 607 g/mol. The van der Waals surface area contributed by atoms with Gasteiger partial charge in [-0.15, -0.1) is 4.73 Å². The third-order valence-electron chi connectivity index (χ3n) is 6.86. The number of hydrogen-bond donors (Lipinski definition) is 4. The summed E-state index contributed by atoms with van der Waals surface area (Å²) in [5.74, 6) is -1.79. The van der Waals surface area contributed by atoms with Crippen LogP contribution in [0.1, 0.15) is 137 Å². The van der Waals surface area contributed by atoms with E-state index in [1.807, 2.05) is 0 Å². The number of unbranched alkanes of at least 4 members (excludes halogenated alkanes) is 12. The van der Waals surface area contributed by atoms with E-state index in [1.54, 1.807) is 20.8 Å². The lowest BCUT2D eigenvalue weighted by molar-refractivity contribution is -0.148. The summed E-state index contributed by atoms with van der Waals surface area (Å²) in [6, 6.07) is 1.25. The Morgan fingerprint density at radius 2 is 1.40 bits per heavy atom. The molecule has 0 saturated carbocycles. The molecule has 1 unspecified atom stereocenters. The summed E-state index contributed by atoms with van der Waals surface area (Å²) in [5, 5.41) is 24.9. The highest BCUT2D eigenvalue weighted by atomic mass is 16.7. The molecule has 0 aromatic carbocycles. The molecule has 0 saturated heterocycles. The van der Waals surface area contributed by atoms with Crippen molar-refractivity contribution in [2.75, 3.05) is 6.54 Å². The molecule has 1 atom stereocenters. The van der Waals surface area contributed by atoms with Crippen molar-refractivity contribution in [3.63, 3.8) is 0 Å². The van der Waals surface area contributed by atoms with Gasteiger partial charge in [0.1, 0.15) is 11.6 Å². The SMILES string of the molecule is CCCCCCCCC=CCCCCCCCC(=O)NCCCCC(NC(=O)OC(C)(C)C)C(=O)On1c(O)ccc1O. The Morgan fingerprint density at radius 3 is 1.98 bits per heavy atom. The summed E-state index contributed by atoms with van der Waals surface area (Å²) >= 11 is 0. The smallest absolute Gasteiger partial charge is 0.408 e. The topological polar surface area (TPSA) is 139 Å². The van der Waals surface area contributed by atoms with Gasteiger partial charge in [0.15, 0.2) is 0 Å². The molecule has 0 spiro atoms. The molecule has 0 aliphatic heterocycles. The number of allylic oxidation sites excluding steroid dienone is 2. The quantitative estimate of drug-likeness (QED) is 0.0770. The van der Waals surface area contributed by atoms with Crippen molar-refractivity contribution in [1.29, 1.82) is 0 Å². The molecular weight excluding hydrogens is 550 g/mol. The van der Waals surface area contributed by atoms with Crippen LogP contribution in [-0.4, -0.2) is 51.1 Å². The van der Waals surface area contributed by atoms with Crippen LogP contribution in [0.3, 0.4) is 0 Å². The fraction of sp³-hybridized carbons (Fsp3) is 0.727. The highest BCUT2D eigenvalue weighted by Crippen LogP contribution is 2.19. The molecule has 1 rings (SSSR count). The van der Waals surface area contributed by atoms with Gasteiger partial charge in [0, 0.05) is 25.1 Å². The molecule has 246 valence electrons. The number of rotatable bonds is 23. The van der Waals surface area contributed by atoms with E-state index in [1.165, 1.54) is 69.9 Å². The Kier molecular flexibility index (Phi) is 19.7. The number of nitrogens with zero attached hydrogens (tertiary/aromatic N) is 1. The molecule has 0 aliphatic carbocycles. The highest BCUT2D eigenvalue weighted by molar-refractivity contribution is 5.81. The van der Waals surface area contributed by atoms with E-state index in [2.05, 4.69) is 29.7 Å². The number of alkyl carbamates (subject to hydrolysis) is 1. The van der Waals surface area contributed by atoms with E-state index >= 15 is 0 Å². The van der Waals surface area contributed by atoms with E-state index in [0.29, 0.717) is 30.5 Å². The zero-order chi connectivity index (χ0) is 31.9. The Labute approximate surface area is 258 Å². The lowest BCUT2D eigenvalue weighted by Crippen LogP contribution is -2.46. The average molecular weight is 608 g/mol. The number of carbonyl (C=O) groups is 3. The number of hydrogen-bond acceptors (Lipinski definition) is 7. The van der Waals surface area contributed by atoms with E-state index in [0.717, 1.165) is 25.7 Å². The van der Waals surface area contributed by atoms with Gasteiger partial charge in [-0.1, -0.05) is 70.4 Å². The summed E-state index contributed by atoms with van der Waals surface area (Å²) in [6.07, 6.45) is 21.5. The molecule has 0 bridgehead atoms. The molecule has 0 fully saturated rings. The molecule has 43 heavy (non-hydrogen) atoms. The second kappa shape index (κ2) is 22.4. The minimum atomic E-state index is -1.08. The van der Waals surface area contributed by atoms with Crippen LogP contribution in [0, 0.1) is 0 Å². The first-order chi connectivity index (χ1) is 20.5. The fourth-order valence-corrected chi connectivity index (χ4v) is 4.49. The van der Waals surface area contributed by atoms with Gasteiger partial charge in [-0.05, 0) is 72.1 Å². The number of carbonyl (C=O) groups excluding carboxylic acids is 3. The maximum atomic E-state index is 12.7. The van der Waals surface area contributed by atoms with Gasteiger partial charge in [0.05, 0.1) is 0 Å². The lowest BCUT2D eigenvalue weighted by Gasteiger charge is -2.23. The van der Waals surface area contributed by atoms with E-state index < -0.39 is 35.5 Å². The molecule has 2 amide bonds. The van der Waals surface area contributed by atoms with Crippen molar-refractivity contribution in [2.24, 2.45) is 0 Å². The van der Waals surface area contributed by atoms with E-state index in [9.17, 15) is 24.6 Å². The first-order valence-electron chi connectivity index (χ1n) is 16.3. The highest BCUT2D eigenvalue weighted by Gasteiger charge is 2.27. The Hall–Kier alpha value is -3.17. The van der Waals surface area contributed by atoms with Gasteiger partial charge in [-0.3, -0.25) is 4.79 Å². The molecule has 0 aliphatic rings. The summed E-state index contributed by atoms with van der Waals surface area (Å²) in [6.45, 7) is 7.82. The maximum Gasteiger partial charge on any atom is 0.408 e. The van der Waals surface area contributed by atoms with Crippen molar-refractivity contribution < 1.29 is 34.2 Å². The summed E-state index contributed by atoms with van der Waals surface area (Å²) < 4.78 is 5.81. The standard InChI is InChI=1S/C33H57N3O7/c1-5-6-7-8-9-10-11-12-13-14-15-16-17-18-19-23-28(37)34-26-21-20-22-27(35-32(41)42-33(2,3)4)31(40)43-36-29(38)24-25-30(36)39/h12-13,24-25,27,38-39H,5-11,14-23,26H2,1-4H3,(H,34,37)(H,35,41). The van der Waals surface area contributed by atoms with Crippen LogP contribution in [0.4, 0.5) is 4.79 Å². The largest absolute Gasteiger partial charge is 0.492 e. The van der Waals surface area contributed by atoms with E-state index in [-0.39, 0.29) is 12.3 Å². The third kappa shape index (κ3) is 19.6. The summed E-state index contributed by atoms with van der Waals surface area (Å²) in [5.41, 5.74) is -0.760. The van der Waals surface area contributed by atoms with Crippen molar-refractivity contribution in [2.45, 2.75) is 148 Å². The van der Waals surface area contributed by atoms with Crippen LogP contribution < -0.4 is 15.5 Å². The normalized spacial score (nSPS) is 12.3. The summed E-state index contributed by atoms with van der Waals surface area (Å²) in [7, 11) is 0. The van der Waals surface area contributed by atoms with E-state index in [4.69, 9.17) is 9.57 Å². The zero-order valence-electron chi connectivity index (χ0n) is 27.0. The minimum Gasteiger partial charge on any atom is -0.492 e. The minimum absolute atomic E-state index is 0.0130. The number of ether oxygens (including phenoxy) is 1. The number of aromatic nitrogens is 1. The third-order valence-corrected chi connectivity index (χ3v) is 6.86. The Morgan fingerprint density at radius 1 is 0.837 bits per heavy atom. The van der Waals surface area contributed by atoms with Gasteiger partial charge >= 0.3 is 12.1 Å². The van der Waals surface area contributed by atoms with Crippen molar-refractivity contribution >= 4 is 18.0 Å². The molecule has 10 nitrogen and oxygen atoms in total.